The number of anilines is 1. The zero-order valence-electron chi connectivity index (χ0n) is 14.1. The Morgan fingerprint density at radius 2 is 1.96 bits per heavy atom. The van der Waals surface area contributed by atoms with Crippen molar-refractivity contribution in [1.29, 1.82) is 0 Å². The van der Waals surface area contributed by atoms with Crippen LogP contribution in [0.5, 0.6) is 11.5 Å². The largest absolute Gasteiger partial charge is 0.497 e. The zero-order chi connectivity index (χ0) is 18.4. The van der Waals surface area contributed by atoms with Gasteiger partial charge >= 0.3 is 0 Å². The number of benzene rings is 1. The summed E-state index contributed by atoms with van der Waals surface area (Å²) in [6, 6.07) is 8.74. The number of rotatable bonds is 7. The number of pyridine rings is 1. The van der Waals surface area contributed by atoms with E-state index in [0.29, 0.717) is 28.3 Å². The van der Waals surface area contributed by atoms with E-state index in [0.717, 1.165) is 17.3 Å². The predicted molar refractivity (Wildman–Crippen MR) is 96.4 cm³/mol. The van der Waals surface area contributed by atoms with Crippen molar-refractivity contribution in [3.8, 4) is 23.0 Å². The molecule has 0 bridgehead atoms. The van der Waals surface area contributed by atoms with Crippen LogP contribution in [0, 0.1) is 0 Å². The summed E-state index contributed by atoms with van der Waals surface area (Å²) in [5.74, 6) is 1.44. The van der Waals surface area contributed by atoms with Crippen molar-refractivity contribution in [3.63, 3.8) is 0 Å². The molecule has 26 heavy (non-hydrogen) atoms. The molecule has 1 amide bonds. The molecule has 1 aromatic carbocycles. The number of carbonyl (C=O) groups excluding carboxylic acids is 1. The summed E-state index contributed by atoms with van der Waals surface area (Å²) < 4.78 is 15.9. The number of thioether (sulfide) groups is 1. The first-order valence-electron chi connectivity index (χ1n) is 7.57. The molecular weight excluding hydrogens is 356 g/mol. The lowest BCUT2D eigenvalue weighted by atomic mass is 10.2. The Kier molecular flexibility index (Phi) is 5.69. The van der Waals surface area contributed by atoms with Gasteiger partial charge < -0.3 is 19.2 Å². The lowest BCUT2D eigenvalue weighted by Gasteiger charge is -2.09. The lowest BCUT2D eigenvalue weighted by molar-refractivity contribution is -0.113. The van der Waals surface area contributed by atoms with Crippen molar-refractivity contribution in [2.24, 2.45) is 0 Å². The molecule has 134 valence electrons. The van der Waals surface area contributed by atoms with Crippen LogP contribution in [-0.2, 0) is 4.79 Å². The van der Waals surface area contributed by atoms with E-state index in [1.165, 1.54) is 0 Å². The summed E-state index contributed by atoms with van der Waals surface area (Å²) in [5, 5.41) is 11.0. The van der Waals surface area contributed by atoms with Crippen LogP contribution in [0.1, 0.15) is 0 Å². The molecule has 0 atom stereocenters. The first-order valence-corrected chi connectivity index (χ1v) is 8.56. The minimum Gasteiger partial charge on any atom is -0.497 e. The Hall–Kier alpha value is -3.07. The molecule has 0 aliphatic rings. The SMILES string of the molecule is COc1cc(NC(=O)CSc2nnc(-c3cccnc3)o2)cc(OC)c1. The molecule has 2 heterocycles. The van der Waals surface area contributed by atoms with Crippen LogP contribution in [0.2, 0.25) is 0 Å². The molecule has 3 aromatic rings. The molecule has 0 saturated carbocycles. The standard InChI is InChI=1S/C17H16N4O4S/c1-23-13-6-12(7-14(8-13)24-2)19-15(22)10-26-17-21-20-16(25-17)11-4-3-5-18-9-11/h3-9H,10H2,1-2H3,(H,19,22). The highest BCUT2D eigenvalue weighted by Gasteiger charge is 2.12. The maximum Gasteiger partial charge on any atom is 0.277 e. The number of methoxy groups -OCH3 is 2. The van der Waals surface area contributed by atoms with Crippen molar-refractivity contribution in [2.75, 3.05) is 25.3 Å². The topological polar surface area (TPSA) is 99.4 Å². The predicted octanol–water partition coefficient (Wildman–Crippen LogP) is 2.88. The van der Waals surface area contributed by atoms with E-state index in [1.54, 1.807) is 50.9 Å². The fourth-order valence-electron chi connectivity index (χ4n) is 2.08. The third-order valence-corrected chi connectivity index (χ3v) is 4.10. The maximum absolute atomic E-state index is 12.1. The molecule has 8 nitrogen and oxygen atoms in total. The summed E-state index contributed by atoms with van der Waals surface area (Å²) in [4.78, 5) is 16.1. The van der Waals surface area contributed by atoms with Crippen molar-refractivity contribution < 1.29 is 18.7 Å². The Labute approximate surface area is 153 Å². The van der Waals surface area contributed by atoms with E-state index in [4.69, 9.17) is 13.9 Å². The normalized spacial score (nSPS) is 10.4. The highest BCUT2D eigenvalue weighted by molar-refractivity contribution is 7.99. The first kappa shape index (κ1) is 17.7. The van der Waals surface area contributed by atoms with Crippen LogP contribution in [0.3, 0.4) is 0 Å². The van der Waals surface area contributed by atoms with Gasteiger partial charge in [0.05, 0.1) is 25.5 Å². The highest BCUT2D eigenvalue weighted by atomic mass is 32.2. The Morgan fingerprint density at radius 3 is 2.62 bits per heavy atom. The number of ether oxygens (including phenoxy) is 2. The Morgan fingerprint density at radius 1 is 1.19 bits per heavy atom. The molecule has 0 aliphatic carbocycles. The highest BCUT2D eigenvalue weighted by Crippen LogP contribution is 2.26. The fraction of sp³-hybridized carbons (Fsp3) is 0.176. The summed E-state index contributed by atoms with van der Waals surface area (Å²) in [6.45, 7) is 0. The van der Waals surface area contributed by atoms with Gasteiger partial charge in [-0.05, 0) is 12.1 Å². The number of carbonyl (C=O) groups is 1. The van der Waals surface area contributed by atoms with Gasteiger partial charge in [0, 0.05) is 36.3 Å². The smallest absolute Gasteiger partial charge is 0.277 e. The number of nitrogens with zero attached hydrogens (tertiary/aromatic N) is 3. The summed E-state index contributed by atoms with van der Waals surface area (Å²) in [7, 11) is 3.09. The molecule has 0 saturated heterocycles. The summed E-state index contributed by atoms with van der Waals surface area (Å²) in [5.41, 5.74) is 1.30. The lowest BCUT2D eigenvalue weighted by Crippen LogP contribution is -2.14. The minimum atomic E-state index is -0.216. The first-order chi connectivity index (χ1) is 12.7. The number of nitrogens with one attached hydrogen (secondary N) is 1. The second kappa shape index (κ2) is 8.34. The number of hydrogen-bond acceptors (Lipinski definition) is 8. The van der Waals surface area contributed by atoms with E-state index >= 15 is 0 Å². The van der Waals surface area contributed by atoms with Crippen molar-refractivity contribution in [1.82, 2.24) is 15.2 Å². The van der Waals surface area contributed by atoms with Crippen molar-refractivity contribution in [3.05, 3.63) is 42.7 Å². The third-order valence-electron chi connectivity index (χ3n) is 3.28. The molecule has 0 spiro atoms. The third kappa shape index (κ3) is 4.51. The van der Waals surface area contributed by atoms with Crippen LogP contribution in [0.25, 0.3) is 11.5 Å². The monoisotopic (exact) mass is 372 g/mol. The second-order valence-corrected chi connectivity index (χ2v) is 5.98. The van der Waals surface area contributed by atoms with Gasteiger partial charge in [-0.15, -0.1) is 10.2 Å². The van der Waals surface area contributed by atoms with Gasteiger partial charge in [0.1, 0.15) is 11.5 Å². The van der Waals surface area contributed by atoms with E-state index in [1.807, 2.05) is 6.07 Å². The zero-order valence-corrected chi connectivity index (χ0v) is 14.9. The average molecular weight is 372 g/mol. The minimum absolute atomic E-state index is 0.119. The van der Waals surface area contributed by atoms with Gasteiger partial charge in [-0.25, -0.2) is 0 Å². The number of amides is 1. The Bertz CT molecular complexity index is 863. The van der Waals surface area contributed by atoms with Crippen LogP contribution in [0.4, 0.5) is 5.69 Å². The average Bonchev–Trinajstić information content (AvgIpc) is 3.16. The molecule has 0 aliphatic heterocycles. The molecule has 0 radical (unpaired) electrons. The van der Waals surface area contributed by atoms with Crippen LogP contribution in [0.15, 0.2) is 52.4 Å². The van der Waals surface area contributed by atoms with Crippen molar-refractivity contribution in [2.45, 2.75) is 5.22 Å². The van der Waals surface area contributed by atoms with Crippen molar-refractivity contribution >= 4 is 23.4 Å². The van der Waals surface area contributed by atoms with Gasteiger partial charge in [0.2, 0.25) is 11.8 Å². The molecule has 9 heteroatoms. The number of aromatic nitrogens is 3. The van der Waals surface area contributed by atoms with Crippen LogP contribution >= 0.6 is 11.8 Å². The van der Waals surface area contributed by atoms with Gasteiger partial charge in [-0.1, -0.05) is 11.8 Å². The van der Waals surface area contributed by atoms with E-state index in [2.05, 4.69) is 20.5 Å². The van der Waals surface area contributed by atoms with E-state index < -0.39 is 0 Å². The molecule has 0 fully saturated rings. The molecule has 0 unspecified atom stereocenters. The quantitative estimate of drug-likeness (QED) is 0.632. The maximum atomic E-state index is 12.1. The van der Waals surface area contributed by atoms with Crippen LogP contribution < -0.4 is 14.8 Å². The van der Waals surface area contributed by atoms with Gasteiger partial charge in [0.25, 0.3) is 5.22 Å². The summed E-state index contributed by atoms with van der Waals surface area (Å²) in [6.07, 6.45) is 3.29. The second-order valence-electron chi connectivity index (χ2n) is 5.05. The molecule has 1 N–H and O–H groups in total. The molecule has 3 rings (SSSR count). The van der Waals surface area contributed by atoms with Gasteiger partial charge in [0.15, 0.2) is 0 Å². The molecular formula is C17H16N4O4S. The van der Waals surface area contributed by atoms with E-state index in [9.17, 15) is 4.79 Å². The van der Waals surface area contributed by atoms with Gasteiger partial charge in [-0.3, -0.25) is 9.78 Å². The summed E-state index contributed by atoms with van der Waals surface area (Å²) >= 11 is 1.15. The van der Waals surface area contributed by atoms with Crippen LogP contribution in [-0.4, -0.2) is 41.1 Å². The number of hydrogen-bond donors (Lipinski definition) is 1. The van der Waals surface area contributed by atoms with Gasteiger partial charge in [-0.2, -0.15) is 0 Å². The molecule has 2 aromatic heterocycles. The van der Waals surface area contributed by atoms with E-state index in [-0.39, 0.29) is 11.7 Å². The Balaban J connectivity index is 1.59. The fourth-order valence-corrected chi connectivity index (χ4v) is 2.64.